The number of nitrogens with one attached hydrogen (secondary N) is 2. The molecule has 1 aromatic heterocycles. The summed E-state index contributed by atoms with van der Waals surface area (Å²) in [6.45, 7) is 4.71. The van der Waals surface area contributed by atoms with E-state index < -0.39 is 5.60 Å². The SMILES string of the molecule is CCC(C)NCc1c(C(=O)NCC2(O)CCCCC2)nn(-c2ccccc2Cl)c1Oc1ccc(Cl)cc1. The summed E-state index contributed by atoms with van der Waals surface area (Å²) in [6, 6.07) is 14.5. The van der Waals surface area contributed by atoms with Crippen molar-refractivity contribution in [3.63, 3.8) is 0 Å². The lowest BCUT2D eigenvalue weighted by Gasteiger charge is -2.32. The lowest BCUT2D eigenvalue weighted by atomic mass is 9.85. The standard InChI is InChI=1S/C28H34Cl2N4O3/c1-3-19(2)31-17-22-25(26(35)32-18-28(36)15-7-4-8-16-28)33-34(24-10-6-5-9-23(24)30)27(22)37-21-13-11-20(29)12-14-21/h5-6,9-14,19,31,36H,3-4,7-8,15-18H2,1-2H3,(H,32,35). The zero-order valence-corrected chi connectivity index (χ0v) is 22.8. The second-order valence-electron chi connectivity index (χ2n) is 9.71. The van der Waals surface area contributed by atoms with Crippen LogP contribution in [0.3, 0.4) is 0 Å². The van der Waals surface area contributed by atoms with Crippen molar-refractivity contribution in [1.82, 2.24) is 20.4 Å². The van der Waals surface area contributed by atoms with Gasteiger partial charge in [0.25, 0.3) is 5.91 Å². The number of hydrogen-bond donors (Lipinski definition) is 3. The monoisotopic (exact) mass is 544 g/mol. The van der Waals surface area contributed by atoms with Crippen molar-refractivity contribution < 1.29 is 14.6 Å². The number of rotatable bonds is 10. The van der Waals surface area contributed by atoms with Gasteiger partial charge in [0.2, 0.25) is 5.88 Å². The average Bonchev–Trinajstić information content (AvgIpc) is 3.25. The van der Waals surface area contributed by atoms with Crippen LogP contribution in [-0.4, -0.2) is 39.0 Å². The molecule has 198 valence electrons. The van der Waals surface area contributed by atoms with E-state index in [1.165, 1.54) is 0 Å². The Labute approximate surface area is 228 Å². The van der Waals surface area contributed by atoms with Crippen LogP contribution >= 0.6 is 23.2 Å². The maximum atomic E-state index is 13.5. The molecule has 1 amide bonds. The van der Waals surface area contributed by atoms with E-state index in [9.17, 15) is 9.90 Å². The van der Waals surface area contributed by atoms with Crippen LogP contribution in [0.15, 0.2) is 48.5 Å². The summed E-state index contributed by atoms with van der Waals surface area (Å²) in [4.78, 5) is 13.5. The molecule has 2 aromatic carbocycles. The second-order valence-corrected chi connectivity index (χ2v) is 10.6. The number of ether oxygens (including phenoxy) is 1. The summed E-state index contributed by atoms with van der Waals surface area (Å²) < 4.78 is 7.89. The highest BCUT2D eigenvalue weighted by molar-refractivity contribution is 6.32. The van der Waals surface area contributed by atoms with E-state index >= 15 is 0 Å². The third-order valence-corrected chi connectivity index (χ3v) is 7.43. The maximum Gasteiger partial charge on any atom is 0.272 e. The van der Waals surface area contributed by atoms with Gasteiger partial charge in [-0.05, 0) is 62.6 Å². The smallest absolute Gasteiger partial charge is 0.272 e. The highest BCUT2D eigenvalue weighted by Gasteiger charge is 2.32. The molecule has 0 radical (unpaired) electrons. The van der Waals surface area contributed by atoms with Crippen molar-refractivity contribution in [3.8, 4) is 17.3 Å². The summed E-state index contributed by atoms with van der Waals surface area (Å²) in [5, 5.41) is 23.1. The highest BCUT2D eigenvalue weighted by Crippen LogP contribution is 2.34. The van der Waals surface area contributed by atoms with Crippen molar-refractivity contribution in [2.45, 2.75) is 70.6 Å². The number of aliphatic hydroxyl groups is 1. The normalized spacial score (nSPS) is 15.8. The average molecular weight is 546 g/mol. The molecule has 0 bridgehead atoms. The molecule has 0 spiro atoms. The molecular weight excluding hydrogens is 511 g/mol. The van der Waals surface area contributed by atoms with Gasteiger partial charge in [0.1, 0.15) is 5.75 Å². The third-order valence-electron chi connectivity index (χ3n) is 6.86. The molecule has 9 heteroatoms. The van der Waals surface area contributed by atoms with E-state index in [2.05, 4.69) is 24.5 Å². The topological polar surface area (TPSA) is 88.4 Å². The number of halogens is 2. The largest absolute Gasteiger partial charge is 0.439 e. The first kappa shape index (κ1) is 27.5. The maximum absolute atomic E-state index is 13.5. The number of amides is 1. The van der Waals surface area contributed by atoms with Crippen LogP contribution in [0.4, 0.5) is 0 Å². The summed E-state index contributed by atoms with van der Waals surface area (Å²) in [6.07, 6.45) is 5.28. The van der Waals surface area contributed by atoms with Gasteiger partial charge in [-0.2, -0.15) is 9.78 Å². The van der Waals surface area contributed by atoms with Gasteiger partial charge in [-0.3, -0.25) is 4.79 Å². The van der Waals surface area contributed by atoms with Gasteiger partial charge >= 0.3 is 0 Å². The first-order chi connectivity index (χ1) is 17.8. The number of carbonyl (C=O) groups excluding carboxylic acids is 1. The molecule has 0 aliphatic heterocycles. The Morgan fingerprint density at radius 3 is 2.51 bits per heavy atom. The van der Waals surface area contributed by atoms with Crippen molar-refractivity contribution in [1.29, 1.82) is 0 Å². The first-order valence-electron chi connectivity index (χ1n) is 12.8. The van der Waals surface area contributed by atoms with Crippen LogP contribution in [-0.2, 0) is 6.54 Å². The lowest BCUT2D eigenvalue weighted by molar-refractivity contribution is 0.00519. The summed E-state index contributed by atoms with van der Waals surface area (Å²) in [5.74, 6) is 0.560. The zero-order chi connectivity index (χ0) is 26.4. The predicted octanol–water partition coefficient (Wildman–Crippen LogP) is 6.28. The summed E-state index contributed by atoms with van der Waals surface area (Å²) in [7, 11) is 0. The number of nitrogens with zero attached hydrogens (tertiary/aromatic N) is 2. The Kier molecular flexibility index (Phi) is 9.13. The van der Waals surface area contributed by atoms with Crippen LogP contribution in [0.5, 0.6) is 11.6 Å². The van der Waals surface area contributed by atoms with Crippen LogP contribution in [0.25, 0.3) is 5.69 Å². The number of para-hydroxylation sites is 1. The minimum Gasteiger partial charge on any atom is -0.439 e. The summed E-state index contributed by atoms with van der Waals surface area (Å²) in [5.41, 5.74) is 0.516. The molecule has 1 heterocycles. The van der Waals surface area contributed by atoms with Crippen LogP contribution in [0, 0.1) is 0 Å². The van der Waals surface area contributed by atoms with Gasteiger partial charge in [0, 0.05) is 24.2 Å². The van der Waals surface area contributed by atoms with Gasteiger partial charge in [-0.25, -0.2) is 0 Å². The molecule has 3 aromatic rings. The van der Waals surface area contributed by atoms with Gasteiger partial charge in [-0.1, -0.05) is 61.5 Å². The minimum absolute atomic E-state index is 0.177. The van der Waals surface area contributed by atoms with Crippen molar-refractivity contribution in [2.24, 2.45) is 0 Å². The Bertz CT molecular complexity index is 1210. The predicted molar refractivity (Wildman–Crippen MR) is 147 cm³/mol. The van der Waals surface area contributed by atoms with Crippen LogP contribution in [0.1, 0.15) is 68.4 Å². The van der Waals surface area contributed by atoms with Crippen LogP contribution in [0.2, 0.25) is 10.0 Å². The first-order valence-corrected chi connectivity index (χ1v) is 13.6. The molecule has 1 aliphatic carbocycles. The summed E-state index contributed by atoms with van der Waals surface area (Å²) >= 11 is 12.6. The van der Waals surface area contributed by atoms with Gasteiger partial charge in [0.05, 0.1) is 21.9 Å². The van der Waals surface area contributed by atoms with Crippen molar-refractivity contribution >= 4 is 29.1 Å². The zero-order valence-electron chi connectivity index (χ0n) is 21.3. The van der Waals surface area contributed by atoms with E-state index in [0.717, 1.165) is 25.7 Å². The fraction of sp³-hybridized carbons (Fsp3) is 0.429. The minimum atomic E-state index is -0.892. The van der Waals surface area contributed by atoms with E-state index in [0.29, 0.717) is 52.3 Å². The quantitative estimate of drug-likeness (QED) is 0.279. The highest BCUT2D eigenvalue weighted by atomic mass is 35.5. The molecule has 37 heavy (non-hydrogen) atoms. The van der Waals surface area contributed by atoms with Gasteiger partial charge in [0.15, 0.2) is 5.69 Å². The molecule has 4 rings (SSSR count). The fourth-order valence-electron chi connectivity index (χ4n) is 4.42. The Morgan fingerprint density at radius 1 is 1.14 bits per heavy atom. The third kappa shape index (κ3) is 6.85. The number of aromatic nitrogens is 2. The van der Waals surface area contributed by atoms with E-state index in [-0.39, 0.29) is 24.2 Å². The van der Waals surface area contributed by atoms with E-state index in [4.69, 9.17) is 33.0 Å². The number of carbonyl (C=O) groups is 1. The molecule has 1 fully saturated rings. The Balaban J connectivity index is 1.75. The van der Waals surface area contributed by atoms with Gasteiger partial charge in [-0.15, -0.1) is 0 Å². The molecular formula is C28H34Cl2N4O3. The fourth-order valence-corrected chi connectivity index (χ4v) is 4.76. The van der Waals surface area contributed by atoms with E-state index in [1.54, 1.807) is 35.0 Å². The van der Waals surface area contributed by atoms with Crippen LogP contribution < -0.4 is 15.4 Å². The van der Waals surface area contributed by atoms with Crippen molar-refractivity contribution in [3.05, 3.63) is 69.8 Å². The molecule has 0 saturated heterocycles. The Hall–Kier alpha value is -2.58. The number of benzene rings is 2. The molecule has 1 aliphatic rings. The van der Waals surface area contributed by atoms with Gasteiger partial charge < -0.3 is 20.5 Å². The molecule has 1 unspecified atom stereocenters. The molecule has 1 saturated carbocycles. The molecule has 7 nitrogen and oxygen atoms in total. The van der Waals surface area contributed by atoms with E-state index in [1.807, 2.05) is 18.2 Å². The van der Waals surface area contributed by atoms with Crippen molar-refractivity contribution in [2.75, 3.05) is 6.54 Å². The lowest BCUT2D eigenvalue weighted by Crippen LogP contribution is -2.44. The number of hydrogen-bond acceptors (Lipinski definition) is 5. The Morgan fingerprint density at radius 2 is 1.84 bits per heavy atom. The second kappa shape index (κ2) is 12.3. The molecule has 1 atom stereocenters. The molecule has 3 N–H and O–H groups in total.